The van der Waals surface area contributed by atoms with E-state index in [2.05, 4.69) is 15.3 Å². The number of aliphatic imine (C=N–C) groups is 1. The summed E-state index contributed by atoms with van der Waals surface area (Å²) in [5.74, 6) is -0.703. The molecule has 2 aliphatic heterocycles. The van der Waals surface area contributed by atoms with Gasteiger partial charge in [0, 0.05) is 16.7 Å². The van der Waals surface area contributed by atoms with Crippen LogP contribution in [0.3, 0.4) is 0 Å². The highest BCUT2D eigenvalue weighted by molar-refractivity contribution is 8.16. The van der Waals surface area contributed by atoms with Gasteiger partial charge in [-0.25, -0.2) is 9.78 Å². The molecule has 160 valence electrons. The number of amidine groups is 1. The largest absolute Gasteiger partial charge is 0.461 e. The summed E-state index contributed by atoms with van der Waals surface area (Å²) in [6, 6.07) is 14.7. The predicted molar refractivity (Wildman–Crippen MR) is 123 cm³/mol. The van der Waals surface area contributed by atoms with Gasteiger partial charge in [0.1, 0.15) is 11.4 Å². The fraction of sp³-hybridized carbons (Fsp3) is 0.174. The molecule has 1 atom stereocenters. The summed E-state index contributed by atoms with van der Waals surface area (Å²) >= 11 is 1.40. The Morgan fingerprint density at radius 2 is 1.94 bits per heavy atom. The number of carbonyl (C=O) groups is 2. The SMILES string of the molecule is CCOC(=O)C1=CSC2=NC(c3ccccc3NC(=O)c3cnc4ccccc4n3)CN12. The zero-order chi connectivity index (χ0) is 22.1. The molecule has 3 heterocycles. The fourth-order valence-corrected chi connectivity index (χ4v) is 4.58. The first kappa shape index (κ1) is 20.2. The molecule has 1 aromatic heterocycles. The monoisotopic (exact) mass is 445 g/mol. The Morgan fingerprint density at radius 1 is 1.16 bits per heavy atom. The summed E-state index contributed by atoms with van der Waals surface area (Å²) in [6.07, 6.45) is 1.47. The Bertz CT molecular complexity index is 1290. The van der Waals surface area contributed by atoms with Crippen molar-refractivity contribution in [3.8, 4) is 0 Å². The van der Waals surface area contributed by atoms with Gasteiger partial charge in [0.05, 0.1) is 36.4 Å². The molecule has 0 bridgehead atoms. The normalized spacial score (nSPS) is 17.0. The van der Waals surface area contributed by atoms with Crippen LogP contribution in [-0.2, 0) is 9.53 Å². The third-order valence-electron chi connectivity index (χ3n) is 5.15. The number of nitrogens with zero attached hydrogens (tertiary/aromatic N) is 4. The number of esters is 1. The van der Waals surface area contributed by atoms with Crippen LogP contribution in [0.15, 0.2) is 70.8 Å². The summed E-state index contributed by atoms with van der Waals surface area (Å²) < 4.78 is 5.14. The number of hydrogen-bond donors (Lipinski definition) is 1. The highest BCUT2D eigenvalue weighted by Crippen LogP contribution is 2.39. The Kier molecular flexibility index (Phi) is 5.32. The van der Waals surface area contributed by atoms with Crippen LogP contribution in [0.1, 0.15) is 29.0 Å². The zero-order valence-corrected chi connectivity index (χ0v) is 18.0. The van der Waals surface area contributed by atoms with Crippen molar-refractivity contribution in [3.63, 3.8) is 0 Å². The lowest BCUT2D eigenvalue weighted by atomic mass is 10.0. The van der Waals surface area contributed by atoms with E-state index in [-0.39, 0.29) is 23.6 Å². The van der Waals surface area contributed by atoms with Crippen LogP contribution < -0.4 is 5.32 Å². The number of hydrogen-bond acceptors (Lipinski definition) is 8. The molecule has 0 radical (unpaired) electrons. The van der Waals surface area contributed by atoms with Gasteiger partial charge in [0.2, 0.25) is 0 Å². The average Bonchev–Trinajstić information content (AvgIpc) is 3.40. The summed E-state index contributed by atoms with van der Waals surface area (Å²) in [7, 11) is 0. The molecule has 0 aliphatic carbocycles. The first-order chi connectivity index (χ1) is 15.6. The Morgan fingerprint density at radius 3 is 2.78 bits per heavy atom. The smallest absolute Gasteiger partial charge is 0.355 e. The summed E-state index contributed by atoms with van der Waals surface area (Å²) in [6.45, 7) is 2.59. The van der Waals surface area contributed by atoms with Gasteiger partial charge in [-0.05, 0) is 25.1 Å². The summed E-state index contributed by atoms with van der Waals surface area (Å²) in [4.78, 5) is 40.5. The van der Waals surface area contributed by atoms with Crippen LogP contribution in [-0.4, -0.2) is 45.1 Å². The van der Waals surface area contributed by atoms with E-state index in [4.69, 9.17) is 9.73 Å². The quantitative estimate of drug-likeness (QED) is 0.598. The van der Waals surface area contributed by atoms with E-state index in [9.17, 15) is 9.59 Å². The van der Waals surface area contributed by atoms with Crippen LogP contribution in [0, 0.1) is 0 Å². The third-order valence-corrected chi connectivity index (χ3v) is 6.03. The maximum atomic E-state index is 12.9. The minimum atomic E-state index is -0.359. The molecule has 3 aromatic rings. The first-order valence-electron chi connectivity index (χ1n) is 10.2. The molecule has 9 heteroatoms. The van der Waals surface area contributed by atoms with Gasteiger partial charge in [-0.3, -0.25) is 14.8 Å². The second-order valence-electron chi connectivity index (χ2n) is 7.16. The molecule has 2 aliphatic rings. The van der Waals surface area contributed by atoms with Gasteiger partial charge in [-0.2, -0.15) is 0 Å². The number of benzene rings is 2. The number of para-hydroxylation sites is 3. The van der Waals surface area contributed by atoms with E-state index < -0.39 is 0 Å². The maximum absolute atomic E-state index is 12.9. The zero-order valence-electron chi connectivity index (χ0n) is 17.2. The van der Waals surface area contributed by atoms with Crippen molar-refractivity contribution < 1.29 is 14.3 Å². The second kappa shape index (κ2) is 8.43. The predicted octanol–water partition coefficient (Wildman–Crippen LogP) is 3.75. The van der Waals surface area contributed by atoms with Crippen LogP contribution in [0.4, 0.5) is 5.69 Å². The number of thioether (sulfide) groups is 1. The standard InChI is InChI=1S/C23H19N5O3S/c1-2-31-22(30)20-13-32-23-27-19(12-28(20)23)14-7-3-4-8-15(14)26-21(29)18-11-24-16-9-5-6-10-17(16)25-18/h3-11,13,19H,2,12H2,1H3,(H,26,29). The lowest BCUT2D eigenvalue weighted by Gasteiger charge is -2.18. The minimum Gasteiger partial charge on any atom is -0.461 e. The Hall–Kier alpha value is -3.72. The van der Waals surface area contributed by atoms with Crippen molar-refractivity contribution in [2.75, 3.05) is 18.5 Å². The van der Waals surface area contributed by atoms with Crippen molar-refractivity contribution >= 4 is 45.5 Å². The van der Waals surface area contributed by atoms with E-state index in [1.165, 1.54) is 18.0 Å². The van der Waals surface area contributed by atoms with Gasteiger partial charge in [-0.15, -0.1) is 0 Å². The van der Waals surface area contributed by atoms with Gasteiger partial charge in [0.15, 0.2) is 5.17 Å². The number of ether oxygens (including phenoxy) is 1. The lowest BCUT2D eigenvalue weighted by Crippen LogP contribution is -2.27. The highest BCUT2D eigenvalue weighted by Gasteiger charge is 2.37. The van der Waals surface area contributed by atoms with E-state index in [0.29, 0.717) is 30.1 Å². The average molecular weight is 446 g/mol. The molecule has 5 rings (SSSR count). The maximum Gasteiger partial charge on any atom is 0.355 e. The van der Waals surface area contributed by atoms with Gasteiger partial charge >= 0.3 is 5.97 Å². The lowest BCUT2D eigenvalue weighted by molar-refractivity contribution is -0.139. The van der Waals surface area contributed by atoms with Gasteiger partial charge in [-0.1, -0.05) is 42.1 Å². The number of rotatable bonds is 5. The van der Waals surface area contributed by atoms with Crippen molar-refractivity contribution in [1.29, 1.82) is 0 Å². The van der Waals surface area contributed by atoms with Crippen molar-refractivity contribution in [2.24, 2.45) is 4.99 Å². The highest BCUT2D eigenvalue weighted by atomic mass is 32.2. The molecule has 1 amide bonds. The molecule has 1 N–H and O–H groups in total. The van der Waals surface area contributed by atoms with E-state index in [1.807, 2.05) is 53.4 Å². The second-order valence-corrected chi connectivity index (χ2v) is 8.00. The number of carbonyl (C=O) groups excluding carboxylic acids is 2. The minimum absolute atomic E-state index is 0.227. The molecular formula is C23H19N5O3S. The van der Waals surface area contributed by atoms with Crippen molar-refractivity contribution in [2.45, 2.75) is 13.0 Å². The topological polar surface area (TPSA) is 96.8 Å². The molecule has 32 heavy (non-hydrogen) atoms. The van der Waals surface area contributed by atoms with Crippen LogP contribution >= 0.6 is 11.8 Å². The number of nitrogens with one attached hydrogen (secondary N) is 1. The molecule has 8 nitrogen and oxygen atoms in total. The molecular weight excluding hydrogens is 426 g/mol. The van der Waals surface area contributed by atoms with E-state index >= 15 is 0 Å². The third kappa shape index (κ3) is 3.71. The first-order valence-corrected chi connectivity index (χ1v) is 11.0. The van der Waals surface area contributed by atoms with Crippen molar-refractivity contribution in [3.05, 3.63) is 77.1 Å². The van der Waals surface area contributed by atoms with Gasteiger partial charge in [0.25, 0.3) is 5.91 Å². The van der Waals surface area contributed by atoms with E-state index in [1.54, 1.807) is 12.3 Å². The van der Waals surface area contributed by atoms with E-state index in [0.717, 1.165) is 16.2 Å². The Labute approximate surface area is 188 Å². The Balaban J connectivity index is 1.36. The van der Waals surface area contributed by atoms with Crippen LogP contribution in [0.5, 0.6) is 0 Å². The summed E-state index contributed by atoms with van der Waals surface area (Å²) in [5, 5.41) is 5.46. The number of fused-ring (bicyclic) bond motifs is 2. The number of anilines is 1. The number of aromatic nitrogens is 2. The molecule has 0 spiro atoms. The van der Waals surface area contributed by atoms with Crippen molar-refractivity contribution in [1.82, 2.24) is 14.9 Å². The molecule has 1 unspecified atom stereocenters. The van der Waals surface area contributed by atoms with Crippen LogP contribution in [0.2, 0.25) is 0 Å². The molecule has 0 saturated carbocycles. The van der Waals surface area contributed by atoms with Crippen LogP contribution in [0.25, 0.3) is 11.0 Å². The molecule has 0 saturated heterocycles. The molecule has 0 fully saturated rings. The number of amides is 1. The molecule has 2 aromatic carbocycles. The summed E-state index contributed by atoms with van der Waals surface area (Å²) in [5.41, 5.74) is 3.63. The van der Waals surface area contributed by atoms with Gasteiger partial charge < -0.3 is 15.0 Å². The fourth-order valence-electron chi connectivity index (χ4n) is 3.65.